The van der Waals surface area contributed by atoms with Crippen molar-refractivity contribution < 1.29 is 4.79 Å². The summed E-state index contributed by atoms with van der Waals surface area (Å²) in [6.07, 6.45) is 3.71. The first-order valence-corrected chi connectivity index (χ1v) is 8.97. The van der Waals surface area contributed by atoms with Gasteiger partial charge in [0.2, 0.25) is 0 Å². The lowest BCUT2D eigenvalue weighted by molar-refractivity contribution is -0.117. The van der Waals surface area contributed by atoms with Crippen LogP contribution in [0.5, 0.6) is 0 Å². The Hall–Kier alpha value is -2.31. The molecule has 25 heavy (non-hydrogen) atoms. The number of aromatic nitrogens is 4. The van der Waals surface area contributed by atoms with Crippen LogP contribution in [0.1, 0.15) is 38.1 Å². The number of amides is 1. The summed E-state index contributed by atoms with van der Waals surface area (Å²) >= 11 is 0. The van der Waals surface area contributed by atoms with Crippen molar-refractivity contribution in [3.8, 4) is 0 Å². The third-order valence-electron chi connectivity index (χ3n) is 4.81. The molecule has 1 aliphatic rings. The van der Waals surface area contributed by atoms with E-state index in [9.17, 15) is 4.79 Å². The molecular formula is C18H28N6O. The van der Waals surface area contributed by atoms with E-state index in [4.69, 9.17) is 0 Å². The van der Waals surface area contributed by atoms with Crippen LogP contribution in [0, 0.1) is 19.8 Å². The van der Waals surface area contributed by atoms with Crippen molar-refractivity contribution in [1.29, 1.82) is 0 Å². The third kappa shape index (κ3) is 3.55. The standard InChI is InChI=1S/C18H28N6O/c1-12(2)6-9-24-14(4)16(11-19-24)20-15-7-8-23(18(15)25)17-10-13(3)21-22(17)5/h10-12,15,20H,6-9H2,1-5H3. The second-order valence-corrected chi connectivity index (χ2v) is 7.29. The van der Waals surface area contributed by atoms with Gasteiger partial charge in [0.05, 0.1) is 23.3 Å². The van der Waals surface area contributed by atoms with E-state index in [0.717, 1.165) is 42.3 Å². The van der Waals surface area contributed by atoms with Crippen molar-refractivity contribution in [3.05, 3.63) is 23.7 Å². The van der Waals surface area contributed by atoms with Gasteiger partial charge in [-0.3, -0.25) is 19.1 Å². The average molecular weight is 344 g/mol. The van der Waals surface area contributed by atoms with Gasteiger partial charge < -0.3 is 5.32 Å². The van der Waals surface area contributed by atoms with Crippen molar-refractivity contribution >= 4 is 17.4 Å². The van der Waals surface area contributed by atoms with E-state index >= 15 is 0 Å². The number of carbonyl (C=O) groups is 1. The van der Waals surface area contributed by atoms with Crippen LogP contribution in [-0.2, 0) is 18.4 Å². The molecule has 0 aliphatic carbocycles. The number of rotatable bonds is 6. The van der Waals surface area contributed by atoms with Crippen LogP contribution in [-0.4, -0.2) is 38.1 Å². The van der Waals surface area contributed by atoms with Gasteiger partial charge in [0.15, 0.2) is 0 Å². The van der Waals surface area contributed by atoms with E-state index in [1.165, 1.54) is 0 Å². The Bertz CT molecular complexity index is 760. The fourth-order valence-corrected chi connectivity index (χ4v) is 3.27. The van der Waals surface area contributed by atoms with Crippen LogP contribution in [0.15, 0.2) is 12.3 Å². The molecule has 0 aromatic carbocycles. The van der Waals surface area contributed by atoms with Crippen molar-refractivity contribution in [2.45, 2.75) is 53.1 Å². The van der Waals surface area contributed by atoms with E-state index in [2.05, 4.69) is 36.3 Å². The summed E-state index contributed by atoms with van der Waals surface area (Å²) in [4.78, 5) is 14.6. The van der Waals surface area contributed by atoms with Crippen molar-refractivity contribution in [1.82, 2.24) is 19.6 Å². The fourth-order valence-electron chi connectivity index (χ4n) is 3.27. The Morgan fingerprint density at radius 1 is 1.36 bits per heavy atom. The highest BCUT2D eigenvalue weighted by atomic mass is 16.2. The molecule has 0 saturated carbocycles. The molecule has 1 fully saturated rings. The van der Waals surface area contributed by atoms with Crippen LogP contribution in [0.3, 0.4) is 0 Å². The zero-order chi connectivity index (χ0) is 18.1. The Kier molecular flexibility index (Phi) is 4.83. The Morgan fingerprint density at radius 3 is 2.76 bits per heavy atom. The minimum absolute atomic E-state index is 0.0948. The molecule has 3 rings (SSSR count). The van der Waals surface area contributed by atoms with Gasteiger partial charge in [-0.05, 0) is 32.6 Å². The Labute approximate surface area is 149 Å². The molecule has 1 unspecified atom stereocenters. The SMILES string of the molecule is Cc1cc(N2CCC(Nc3cnn(CCC(C)C)c3C)C2=O)n(C)n1. The second-order valence-electron chi connectivity index (χ2n) is 7.29. The maximum atomic E-state index is 12.8. The molecule has 0 spiro atoms. The van der Waals surface area contributed by atoms with Crippen LogP contribution >= 0.6 is 0 Å². The number of nitrogens with one attached hydrogen (secondary N) is 1. The summed E-state index contributed by atoms with van der Waals surface area (Å²) in [5.74, 6) is 1.60. The third-order valence-corrected chi connectivity index (χ3v) is 4.81. The van der Waals surface area contributed by atoms with Crippen LogP contribution in [0.25, 0.3) is 0 Å². The Morgan fingerprint density at radius 2 is 2.12 bits per heavy atom. The fraction of sp³-hybridized carbons (Fsp3) is 0.611. The lowest BCUT2D eigenvalue weighted by Crippen LogP contribution is -2.34. The second kappa shape index (κ2) is 6.90. The van der Waals surface area contributed by atoms with Crippen molar-refractivity contribution in [2.24, 2.45) is 13.0 Å². The van der Waals surface area contributed by atoms with Crippen molar-refractivity contribution in [2.75, 3.05) is 16.8 Å². The predicted octanol–water partition coefficient (Wildman–Crippen LogP) is 2.50. The van der Waals surface area contributed by atoms with Crippen LogP contribution < -0.4 is 10.2 Å². The molecule has 1 amide bonds. The molecule has 1 N–H and O–H groups in total. The van der Waals surface area contributed by atoms with Crippen LogP contribution in [0.4, 0.5) is 11.5 Å². The molecule has 1 atom stereocenters. The molecule has 0 radical (unpaired) electrons. The van der Waals surface area contributed by atoms with Gasteiger partial charge in [-0.2, -0.15) is 10.2 Å². The van der Waals surface area contributed by atoms with E-state index < -0.39 is 0 Å². The van der Waals surface area contributed by atoms with E-state index in [1.807, 2.05) is 35.8 Å². The minimum atomic E-state index is -0.211. The maximum Gasteiger partial charge on any atom is 0.250 e. The van der Waals surface area contributed by atoms with Crippen molar-refractivity contribution in [3.63, 3.8) is 0 Å². The normalized spacial score (nSPS) is 17.8. The lowest BCUT2D eigenvalue weighted by Gasteiger charge is -2.17. The van der Waals surface area contributed by atoms with Gasteiger partial charge in [-0.25, -0.2) is 0 Å². The van der Waals surface area contributed by atoms with Gasteiger partial charge in [-0.15, -0.1) is 0 Å². The average Bonchev–Trinajstić information content (AvgIpc) is 3.18. The molecule has 7 nitrogen and oxygen atoms in total. The molecule has 2 aromatic rings. The van der Waals surface area contributed by atoms with Crippen LogP contribution in [0.2, 0.25) is 0 Å². The number of hydrogen-bond acceptors (Lipinski definition) is 4. The predicted molar refractivity (Wildman–Crippen MR) is 98.7 cm³/mol. The first-order chi connectivity index (χ1) is 11.9. The number of aryl methyl sites for hydroxylation is 3. The molecule has 1 aliphatic heterocycles. The topological polar surface area (TPSA) is 68.0 Å². The van der Waals surface area contributed by atoms with E-state index in [0.29, 0.717) is 12.5 Å². The number of anilines is 2. The zero-order valence-electron chi connectivity index (χ0n) is 15.8. The monoisotopic (exact) mass is 344 g/mol. The summed E-state index contributed by atoms with van der Waals surface area (Å²) < 4.78 is 3.79. The first-order valence-electron chi connectivity index (χ1n) is 8.97. The summed E-state index contributed by atoms with van der Waals surface area (Å²) in [5, 5.41) is 12.2. The first kappa shape index (κ1) is 17.5. The molecular weight excluding hydrogens is 316 g/mol. The summed E-state index contributed by atoms with van der Waals surface area (Å²) in [7, 11) is 1.87. The molecule has 1 saturated heterocycles. The molecule has 0 bridgehead atoms. The quantitative estimate of drug-likeness (QED) is 0.874. The highest BCUT2D eigenvalue weighted by Gasteiger charge is 2.34. The molecule has 3 heterocycles. The maximum absolute atomic E-state index is 12.8. The minimum Gasteiger partial charge on any atom is -0.371 e. The summed E-state index contributed by atoms with van der Waals surface area (Å²) in [6, 6.07) is 1.74. The van der Waals surface area contributed by atoms with E-state index in [1.54, 1.807) is 4.68 Å². The molecule has 2 aromatic heterocycles. The van der Waals surface area contributed by atoms with Gasteiger partial charge in [0.25, 0.3) is 5.91 Å². The summed E-state index contributed by atoms with van der Waals surface area (Å²) in [5.41, 5.74) is 2.96. The number of carbonyl (C=O) groups excluding carboxylic acids is 1. The van der Waals surface area contributed by atoms with Gasteiger partial charge in [0.1, 0.15) is 11.9 Å². The molecule has 7 heteroatoms. The largest absolute Gasteiger partial charge is 0.371 e. The van der Waals surface area contributed by atoms with Gasteiger partial charge in [0, 0.05) is 26.2 Å². The van der Waals surface area contributed by atoms with Gasteiger partial charge >= 0.3 is 0 Å². The number of hydrogen-bond donors (Lipinski definition) is 1. The number of nitrogens with zero attached hydrogens (tertiary/aromatic N) is 5. The molecule has 136 valence electrons. The lowest BCUT2D eigenvalue weighted by atomic mass is 10.1. The Balaban J connectivity index is 1.68. The zero-order valence-corrected chi connectivity index (χ0v) is 15.8. The highest BCUT2D eigenvalue weighted by Crippen LogP contribution is 2.25. The smallest absolute Gasteiger partial charge is 0.250 e. The summed E-state index contributed by atoms with van der Waals surface area (Å²) in [6.45, 7) is 10.0. The van der Waals surface area contributed by atoms with Gasteiger partial charge in [-0.1, -0.05) is 13.8 Å². The van der Waals surface area contributed by atoms with E-state index in [-0.39, 0.29) is 11.9 Å². The highest BCUT2D eigenvalue weighted by molar-refractivity contribution is 6.00.